The summed E-state index contributed by atoms with van der Waals surface area (Å²) in [6, 6.07) is 1.86. The number of hydrogen-bond acceptors (Lipinski definition) is 2. The van der Waals surface area contributed by atoms with Gasteiger partial charge in [0.1, 0.15) is 0 Å². The van der Waals surface area contributed by atoms with Gasteiger partial charge in [0.05, 0.1) is 5.92 Å². The summed E-state index contributed by atoms with van der Waals surface area (Å²) in [5.41, 5.74) is 7.15. The zero-order chi connectivity index (χ0) is 12.5. The third kappa shape index (κ3) is 3.01. The molecule has 96 valence electrons. The number of thiophene rings is 1. The summed E-state index contributed by atoms with van der Waals surface area (Å²) in [7, 11) is 0. The molecule has 0 aromatic carbocycles. The highest BCUT2D eigenvalue weighted by Crippen LogP contribution is 2.42. The van der Waals surface area contributed by atoms with Crippen molar-refractivity contribution >= 4 is 11.3 Å². The number of hydrogen-bond donors (Lipinski definition) is 1. The maximum atomic E-state index is 12.5. The van der Waals surface area contributed by atoms with Crippen LogP contribution >= 0.6 is 11.3 Å². The average Bonchev–Trinajstić information content (AvgIpc) is 2.80. The molecule has 17 heavy (non-hydrogen) atoms. The molecule has 1 atom stereocenters. The molecule has 1 aromatic heterocycles. The first-order chi connectivity index (χ1) is 7.98. The van der Waals surface area contributed by atoms with Crippen LogP contribution in [0.4, 0.5) is 13.2 Å². The van der Waals surface area contributed by atoms with Crippen molar-refractivity contribution in [3.63, 3.8) is 0 Å². The van der Waals surface area contributed by atoms with Crippen LogP contribution in [-0.2, 0) is 0 Å². The predicted molar refractivity (Wildman–Crippen MR) is 62.8 cm³/mol. The maximum absolute atomic E-state index is 12.5. The van der Waals surface area contributed by atoms with Gasteiger partial charge in [-0.1, -0.05) is 0 Å². The van der Waals surface area contributed by atoms with Gasteiger partial charge in [0.25, 0.3) is 0 Å². The fourth-order valence-corrected chi connectivity index (χ4v) is 3.25. The Morgan fingerprint density at radius 3 is 2.35 bits per heavy atom. The number of nitrogens with two attached hydrogens (primary N) is 1. The van der Waals surface area contributed by atoms with Crippen molar-refractivity contribution in [2.75, 3.05) is 0 Å². The van der Waals surface area contributed by atoms with Crippen molar-refractivity contribution in [1.82, 2.24) is 0 Å². The minimum atomic E-state index is -4.03. The second kappa shape index (κ2) is 4.98. The van der Waals surface area contributed by atoms with Crippen molar-refractivity contribution in [1.29, 1.82) is 0 Å². The van der Waals surface area contributed by atoms with Crippen LogP contribution < -0.4 is 5.73 Å². The minimum absolute atomic E-state index is 0.101. The summed E-state index contributed by atoms with van der Waals surface area (Å²) in [6.07, 6.45) is -2.40. The topological polar surface area (TPSA) is 26.0 Å². The molecular weight excluding hydrogens is 247 g/mol. The Morgan fingerprint density at radius 2 is 1.88 bits per heavy atom. The van der Waals surface area contributed by atoms with Crippen LogP contribution in [0.3, 0.4) is 0 Å². The summed E-state index contributed by atoms with van der Waals surface area (Å²) in [5.74, 6) is -0.920. The Balaban J connectivity index is 1.91. The second-order valence-electron chi connectivity index (χ2n) is 4.74. The first kappa shape index (κ1) is 12.9. The molecular formula is C12H16F3NS. The molecule has 5 heteroatoms. The molecule has 2 N–H and O–H groups in total. The highest BCUT2D eigenvalue weighted by Gasteiger charge is 2.42. The number of alkyl halides is 3. The molecule has 0 radical (unpaired) electrons. The summed E-state index contributed by atoms with van der Waals surface area (Å²) in [6.45, 7) is 0. The molecule has 1 aliphatic carbocycles. The van der Waals surface area contributed by atoms with Gasteiger partial charge in [0.2, 0.25) is 0 Å². The summed E-state index contributed by atoms with van der Waals surface area (Å²) < 4.78 is 37.5. The van der Waals surface area contributed by atoms with E-state index in [1.54, 1.807) is 11.3 Å². The van der Waals surface area contributed by atoms with Crippen LogP contribution in [0.5, 0.6) is 0 Å². The number of halogens is 3. The lowest BCUT2D eigenvalue weighted by molar-refractivity contribution is -0.184. The van der Waals surface area contributed by atoms with E-state index in [0.29, 0.717) is 12.8 Å². The van der Waals surface area contributed by atoms with Gasteiger partial charge in [0, 0.05) is 6.04 Å². The number of rotatable bonds is 2. The summed E-state index contributed by atoms with van der Waals surface area (Å²) in [4.78, 5) is 0. The fraction of sp³-hybridized carbons (Fsp3) is 0.667. The molecule has 1 fully saturated rings. The van der Waals surface area contributed by atoms with Crippen LogP contribution in [-0.4, -0.2) is 6.18 Å². The van der Waals surface area contributed by atoms with E-state index >= 15 is 0 Å². The Bertz CT molecular complexity index is 339. The zero-order valence-electron chi connectivity index (χ0n) is 9.41. The van der Waals surface area contributed by atoms with Crippen LogP contribution in [0, 0.1) is 11.8 Å². The van der Waals surface area contributed by atoms with Crippen LogP contribution in [0.15, 0.2) is 16.8 Å². The Labute approximate surface area is 103 Å². The van der Waals surface area contributed by atoms with Gasteiger partial charge in [-0.15, -0.1) is 0 Å². The molecule has 0 amide bonds. The van der Waals surface area contributed by atoms with E-state index in [0.717, 1.165) is 5.56 Å². The normalized spacial score (nSPS) is 28.0. The van der Waals surface area contributed by atoms with E-state index in [-0.39, 0.29) is 24.8 Å². The Kier molecular flexibility index (Phi) is 3.78. The molecule has 1 heterocycles. The highest BCUT2D eigenvalue weighted by atomic mass is 32.1. The highest BCUT2D eigenvalue weighted by molar-refractivity contribution is 7.07. The van der Waals surface area contributed by atoms with Gasteiger partial charge in [-0.3, -0.25) is 0 Å². The lowest BCUT2D eigenvalue weighted by Gasteiger charge is -2.32. The van der Waals surface area contributed by atoms with E-state index in [4.69, 9.17) is 5.73 Å². The predicted octanol–water partition coefficient (Wildman–Crippen LogP) is 4.12. The van der Waals surface area contributed by atoms with E-state index < -0.39 is 12.1 Å². The van der Waals surface area contributed by atoms with Crippen molar-refractivity contribution in [3.05, 3.63) is 22.4 Å². The molecule has 1 nitrogen and oxygen atoms in total. The van der Waals surface area contributed by atoms with Crippen molar-refractivity contribution in [2.45, 2.75) is 37.9 Å². The quantitative estimate of drug-likeness (QED) is 0.853. The van der Waals surface area contributed by atoms with Gasteiger partial charge in [-0.05, 0) is 54.0 Å². The standard InChI is InChI=1S/C12H16F3NS/c13-12(14,15)10-3-1-8(2-4-10)11(16)9-5-6-17-7-9/h5-8,10-11H,1-4,16H2. The van der Waals surface area contributed by atoms with Crippen molar-refractivity contribution in [3.8, 4) is 0 Å². The maximum Gasteiger partial charge on any atom is 0.391 e. The minimum Gasteiger partial charge on any atom is -0.324 e. The largest absolute Gasteiger partial charge is 0.391 e. The molecule has 0 bridgehead atoms. The van der Waals surface area contributed by atoms with Crippen LogP contribution in [0.1, 0.15) is 37.3 Å². The molecule has 2 rings (SSSR count). The SMILES string of the molecule is NC(c1ccsc1)C1CCC(C(F)(F)F)CC1. The Morgan fingerprint density at radius 1 is 1.24 bits per heavy atom. The molecule has 0 spiro atoms. The van der Waals surface area contributed by atoms with E-state index in [1.807, 2.05) is 16.8 Å². The molecule has 0 saturated heterocycles. The van der Waals surface area contributed by atoms with Crippen molar-refractivity contribution in [2.24, 2.45) is 17.6 Å². The second-order valence-corrected chi connectivity index (χ2v) is 5.52. The van der Waals surface area contributed by atoms with Gasteiger partial charge in [-0.25, -0.2) is 0 Å². The third-order valence-electron chi connectivity index (χ3n) is 3.67. The molecule has 1 saturated carbocycles. The smallest absolute Gasteiger partial charge is 0.324 e. The van der Waals surface area contributed by atoms with Gasteiger partial charge in [0.15, 0.2) is 0 Å². The van der Waals surface area contributed by atoms with E-state index in [1.165, 1.54) is 0 Å². The molecule has 1 unspecified atom stereocenters. The van der Waals surface area contributed by atoms with Crippen LogP contribution in [0.25, 0.3) is 0 Å². The first-order valence-electron chi connectivity index (χ1n) is 5.83. The monoisotopic (exact) mass is 263 g/mol. The Hall–Kier alpha value is -0.550. The molecule has 1 aliphatic rings. The van der Waals surface area contributed by atoms with Gasteiger partial charge in [-0.2, -0.15) is 24.5 Å². The molecule has 1 aromatic rings. The zero-order valence-corrected chi connectivity index (χ0v) is 10.2. The first-order valence-corrected chi connectivity index (χ1v) is 6.77. The average molecular weight is 263 g/mol. The summed E-state index contributed by atoms with van der Waals surface area (Å²) in [5, 5.41) is 3.94. The van der Waals surface area contributed by atoms with Gasteiger partial charge >= 0.3 is 6.18 Å². The summed E-state index contributed by atoms with van der Waals surface area (Å²) >= 11 is 1.58. The fourth-order valence-electron chi connectivity index (χ4n) is 2.54. The lowest BCUT2D eigenvalue weighted by atomic mass is 9.77. The van der Waals surface area contributed by atoms with Crippen LogP contribution in [0.2, 0.25) is 0 Å². The van der Waals surface area contributed by atoms with E-state index in [2.05, 4.69) is 0 Å². The van der Waals surface area contributed by atoms with Crippen molar-refractivity contribution < 1.29 is 13.2 Å². The molecule has 0 aliphatic heterocycles. The van der Waals surface area contributed by atoms with Gasteiger partial charge < -0.3 is 5.73 Å². The third-order valence-corrected chi connectivity index (χ3v) is 4.37. The lowest BCUT2D eigenvalue weighted by Crippen LogP contribution is -2.31. The van der Waals surface area contributed by atoms with E-state index in [9.17, 15) is 13.2 Å².